The number of carbonyl (C=O) groups excluding carboxylic acids is 1. The number of hydrogen-bond acceptors (Lipinski definition) is 9. The fourth-order valence-corrected chi connectivity index (χ4v) is 4.80. The number of amides is 1. The molecule has 11 nitrogen and oxygen atoms in total. The zero-order valence-corrected chi connectivity index (χ0v) is 23.6. The molecule has 0 saturated carbocycles. The Morgan fingerprint density at radius 2 is 1.89 bits per heavy atom. The molecule has 0 spiro atoms. The summed E-state index contributed by atoms with van der Waals surface area (Å²) in [6.45, 7) is 15.2. The second-order valence-electron chi connectivity index (χ2n) is 10.9. The molecule has 0 aromatic carbocycles. The Bertz CT molecular complexity index is 920. The molecule has 2 aliphatic heterocycles. The summed E-state index contributed by atoms with van der Waals surface area (Å²) in [6, 6.07) is 2.16. The van der Waals surface area contributed by atoms with Crippen LogP contribution in [0.5, 0.6) is 0 Å². The van der Waals surface area contributed by atoms with Gasteiger partial charge in [-0.1, -0.05) is 0 Å². The highest BCUT2D eigenvalue weighted by molar-refractivity contribution is 5.96. The number of rotatable bonds is 7. The molecule has 208 valence electrons. The minimum atomic E-state index is -0.514. The van der Waals surface area contributed by atoms with Gasteiger partial charge >= 0.3 is 6.09 Å². The molecular weight excluding hydrogens is 472 g/mol. The third kappa shape index (κ3) is 8.43. The number of aromatic nitrogens is 2. The Hall–Kier alpha value is -2.66. The zero-order valence-electron chi connectivity index (χ0n) is 23.6. The maximum atomic E-state index is 12.6. The molecule has 11 heteroatoms. The van der Waals surface area contributed by atoms with Crippen molar-refractivity contribution in [1.29, 1.82) is 0 Å². The van der Waals surface area contributed by atoms with Crippen molar-refractivity contribution in [3.63, 3.8) is 0 Å². The number of aliphatic imine (C=N–C) groups is 1. The highest BCUT2D eigenvalue weighted by Gasteiger charge is 2.28. The fraction of sp³-hybridized carbons (Fsp3) is 0.769. The van der Waals surface area contributed by atoms with Crippen molar-refractivity contribution >= 4 is 23.7 Å². The average molecular weight is 519 g/mol. The Labute approximate surface area is 222 Å². The lowest BCUT2D eigenvalue weighted by molar-refractivity contribution is 0.0263. The summed E-state index contributed by atoms with van der Waals surface area (Å²) in [6.07, 6.45) is 2.61. The molecule has 37 heavy (non-hydrogen) atoms. The molecule has 1 aromatic heterocycles. The van der Waals surface area contributed by atoms with Crippen LogP contribution in [-0.2, 0) is 9.47 Å². The molecular formula is C26H46N8O3. The van der Waals surface area contributed by atoms with Crippen molar-refractivity contribution in [2.75, 3.05) is 82.9 Å². The van der Waals surface area contributed by atoms with E-state index in [4.69, 9.17) is 25.2 Å². The van der Waals surface area contributed by atoms with Crippen molar-refractivity contribution in [1.82, 2.24) is 19.8 Å². The first-order chi connectivity index (χ1) is 17.6. The molecule has 2 fully saturated rings. The van der Waals surface area contributed by atoms with E-state index in [1.54, 1.807) is 19.1 Å². The van der Waals surface area contributed by atoms with Crippen molar-refractivity contribution in [2.45, 2.75) is 58.6 Å². The first kappa shape index (κ1) is 28.9. The van der Waals surface area contributed by atoms with Gasteiger partial charge in [0, 0.05) is 78.7 Å². The molecule has 1 amide bonds. The van der Waals surface area contributed by atoms with Crippen LogP contribution < -0.4 is 15.5 Å². The lowest BCUT2D eigenvalue weighted by atomic mass is 10.2. The summed E-state index contributed by atoms with van der Waals surface area (Å²) in [7, 11) is 3.42. The van der Waals surface area contributed by atoms with E-state index in [2.05, 4.69) is 26.6 Å². The normalized spacial score (nSPS) is 20.5. The van der Waals surface area contributed by atoms with Crippen molar-refractivity contribution in [2.24, 2.45) is 10.7 Å². The van der Waals surface area contributed by atoms with Gasteiger partial charge in [-0.2, -0.15) is 4.98 Å². The van der Waals surface area contributed by atoms with Gasteiger partial charge in [-0.15, -0.1) is 0 Å². The zero-order chi connectivity index (χ0) is 27.0. The third-order valence-electron chi connectivity index (χ3n) is 6.68. The van der Waals surface area contributed by atoms with Gasteiger partial charge in [-0.05, 0) is 53.5 Å². The molecule has 3 heterocycles. The maximum absolute atomic E-state index is 12.6. The smallest absolute Gasteiger partial charge is 0.410 e. The van der Waals surface area contributed by atoms with Gasteiger partial charge in [-0.3, -0.25) is 4.99 Å². The molecule has 1 aromatic rings. The van der Waals surface area contributed by atoms with Gasteiger partial charge in [0.05, 0.1) is 0 Å². The van der Waals surface area contributed by atoms with Crippen LogP contribution in [0.4, 0.5) is 16.6 Å². The van der Waals surface area contributed by atoms with E-state index < -0.39 is 5.60 Å². The summed E-state index contributed by atoms with van der Waals surface area (Å²) < 4.78 is 10.8. The van der Waals surface area contributed by atoms with Crippen LogP contribution in [-0.4, -0.2) is 116 Å². The van der Waals surface area contributed by atoms with Crippen LogP contribution in [0.15, 0.2) is 11.1 Å². The Morgan fingerprint density at radius 3 is 2.59 bits per heavy atom. The molecule has 3 rings (SSSR count). The number of amidine groups is 1. The van der Waals surface area contributed by atoms with Crippen LogP contribution in [0, 0.1) is 0 Å². The summed E-state index contributed by atoms with van der Waals surface area (Å²) in [5.41, 5.74) is 6.35. The van der Waals surface area contributed by atoms with Gasteiger partial charge in [0.15, 0.2) is 0 Å². The molecule has 0 bridgehead atoms. The van der Waals surface area contributed by atoms with Gasteiger partial charge in [0.1, 0.15) is 22.9 Å². The Balaban J connectivity index is 1.79. The van der Waals surface area contributed by atoms with E-state index in [1.165, 1.54) is 0 Å². The first-order valence-corrected chi connectivity index (χ1v) is 13.4. The van der Waals surface area contributed by atoms with Gasteiger partial charge < -0.3 is 34.8 Å². The highest BCUT2D eigenvalue weighted by atomic mass is 16.6. The van der Waals surface area contributed by atoms with E-state index in [0.29, 0.717) is 37.1 Å². The third-order valence-corrected chi connectivity index (χ3v) is 6.68. The number of ether oxygens (including phenoxy) is 2. The summed E-state index contributed by atoms with van der Waals surface area (Å²) >= 11 is 0. The number of nitrogens with zero attached hydrogens (tertiary/aromatic N) is 7. The number of anilines is 2. The summed E-state index contributed by atoms with van der Waals surface area (Å²) in [5, 5.41) is 0. The summed E-state index contributed by atoms with van der Waals surface area (Å²) in [5.74, 6) is 1.88. The SMILES string of the molecule is CN=C(N)c1cc(N2CCCN(C(=O)OC(C)(C)C)CC2)nc(N2CCCN(CCCOC)C[C@@H]2C)n1. The largest absolute Gasteiger partial charge is 0.444 e. The first-order valence-electron chi connectivity index (χ1n) is 13.4. The van der Waals surface area contributed by atoms with E-state index in [1.807, 2.05) is 26.8 Å². The minimum Gasteiger partial charge on any atom is -0.444 e. The average Bonchev–Trinajstić information content (AvgIpc) is 3.21. The molecule has 1 atom stereocenters. The lowest BCUT2D eigenvalue weighted by Gasteiger charge is -2.31. The number of methoxy groups -OCH3 is 1. The topological polar surface area (TPSA) is 113 Å². The van der Waals surface area contributed by atoms with Crippen molar-refractivity contribution < 1.29 is 14.3 Å². The summed E-state index contributed by atoms with van der Waals surface area (Å²) in [4.78, 5) is 35.5. The van der Waals surface area contributed by atoms with Gasteiger partial charge in [0.25, 0.3) is 0 Å². The molecule has 0 unspecified atom stereocenters. The monoisotopic (exact) mass is 518 g/mol. The molecule has 0 radical (unpaired) electrons. The van der Waals surface area contributed by atoms with E-state index in [9.17, 15) is 4.79 Å². The second-order valence-corrected chi connectivity index (χ2v) is 10.9. The van der Waals surface area contributed by atoms with Crippen LogP contribution >= 0.6 is 0 Å². The van der Waals surface area contributed by atoms with Crippen LogP contribution in [0.25, 0.3) is 0 Å². The van der Waals surface area contributed by atoms with E-state index in [0.717, 1.165) is 64.4 Å². The fourth-order valence-electron chi connectivity index (χ4n) is 4.80. The van der Waals surface area contributed by atoms with E-state index in [-0.39, 0.29) is 12.1 Å². The number of hydrogen-bond donors (Lipinski definition) is 1. The van der Waals surface area contributed by atoms with Crippen molar-refractivity contribution in [3.05, 3.63) is 11.8 Å². The minimum absolute atomic E-state index is 0.250. The maximum Gasteiger partial charge on any atom is 0.410 e. The highest BCUT2D eigenvalue weighted by Crippen LogP contribution is 2.23. The molecule has 2 saturated heterocycles. The number of carbonyl (C=O) groups is 1. The lowest BCUT2D eigenvalue weighted by Crippen LogP contribution is -2.41. The van der Waals surface area contributed by atoms with Gasteiger partial charge in [0.2, 0.25) is 5.95 Å². The van der Waals surface area contributed by atoms with Crippen molar-refractivity contribution in [3.8, 4) is 0 Å². The second kappa shape index (κ2) is 13.2. The standard InChI is InChI=1S/C26H46N8O3/c1-20-19-31(11-9-17-36-6)10-7-14-34(20)24-29-21(23(27)28-5)18-22(30-24)32-12-8-13-33(16-15-32)25(35)37-26(2,3)4/h18,20H,7-17,19H2,1-6H3,(H2,27,28)/t20-/m0/s1. The number of nitrogens with two attached hydrogens (primary N) is 1. The van der Waals surface area contributed by atoms with E-state index >= 15 is 0 Å². The predicted octanol–water partition coefficient (Wildman–Crippen LogP) is 2.20. The Morgan fingerprint density at radius 1 is 1.14 bits per heavy atom. The predicted molar refractivity (Wildman–Crippen MR) is 148 cm³/mol. The molecule has 0 aliphatic carbocycles. The molecule has 2 N–H and O–H groups in total. The molecule has 2 aliphatic rings. The quantitative estimate of drug-likeness (QED) is 0.330. The Kier molecular flexibility index (Phi) is 10.3. The van der Waals surface area contributed by atoms with Gasteiger partial charge in [-0.25, -0.2) is 9.78 Å². The van der Waals surface area contributed by atoms with Crippen LogP contribution in [0.2, 0.25) is 0 Å². The van der Waals surface area contributed by atoms with Crippen LogP contribution in [0.1, 0.15) is 52.7 Å². The van der Waals surface area contributed by atoms with Crippen LogP contribution in [0.3, 0.4) is 0 Å².